The minimum absolute atomic E-state index is 0.00626. The monoisotopic (exact) mass is 525 g/mol. The summed E-state index contributed by atoms with van der Waals surface area (Å²) in [5.74, 6) is -0.199. The molecular formula is C30H31N5O2S. The number of carbonyl (C=O) groups excluding carboxylic acids is 1. The van der Waals surface area contributed by atoms with E-state index in [2.05, 4.69) is 76.2 Å². The van der Waals surface area contributed by atoms with Gasteiger partial charge >= 0.3 is 0 Å². The fraction of sp³-hybridized carbons (Fsp3) is 0.233. The molecule has 2 aromatic heterocycles. The Morgan fingerprint density at radius 2 is 1.74 bits per heavy atom. The normalized spacial score (nSPS) is 16.9. The van der Waals surface area contributed by atoms with Crippen molar-refractivity contribution in [2.24, 2.45) is 0 Å². The molecule has 2 N–H and O–H groups in total. The van der Waals surface area contributed by atoms with Crippen molar-refractivity contribution in [3.8, 4) is 5.69 Å². The molecule has 1 saturated heterocycles. The van der Waals surface area contributed by atoms with Gasteiger partial charge in [0.15, 0.2) is 5.11 Å². The fourth-order valence-corrected chi connectivity index (χ4v) is 5.51. The van der Waals surface area contributed by atoms with Gasteiger partial charge in [0.05, 0.1) is 17.8 Å². The minimum Gasteiger partial charge on any atom is -0.375 e. The van der Waals surface area contributed by atoms with Crippen molar-refractivity contribution in [2.45, 2.75) is 32.9 Å². The van der Waals surface area contributed by atoms with Crippen LogP contribution in [0.5, 0.6) is 0 Å². The van der Waals surface area contributed by atoms with Crippen LogP contribution in [0.25, 0.3) is 5.69 Å². The standard InChI is InChI=1S/C30H31N5O2S/c1-19-8-12-23(13-9-19)34-20(2)17-25(21(34)3)29-28(26-7-5-6-16-31-26)33-30(38)35(29)24-14-10-22(11-15-24)32-27(36)18-37-4/h5-17,28-29H,18H2,1-4H3,(H,32,36)(H,33,38)/t28-,29+/m0/s1. The molecule has 3 heterocycles. The van der Waals surface area contributed by atoms with Crippen LogP contribution in [0.2, 0.25) is 0 Å². The molecule has 7 nitrogen and oxygen atoms in total. The smallest absolute Gasteiger partial charge is 0.250 e. The molecule has 0 radical (unpaired) electrons. The number of nitrogens with one attached hydrogen (secondary N) is 2. The SMILES string of the molecule is COCC(=O)Nc1ccc(N2C(=S)N[C@@H](c3ccccn3)[C@H]2c2cc(C)n(-c3ccc(C)cc3)c2C)cc1. The second-order valence-electron chi connectivity index (χ2n) is 9.52. The molecule has 0 aliphatic carbocycles. The predicted octanol–water partition coefficient (Wildman–Crippen LogP) is 5.56. The van der Waals surface area contributed by atoms with Gasteiger partial charge in [-0.3, -0.25) is 9.78 Å². The van der Waals surface area contributed by atoms with Crippen LogP contribution < -0.4 is 15.5 Å². The molecule has 1 aliphatic heterocycles. The van der Waals surface area contributed by atoms with E-state index in [1.54, 1.807) is 0 Å². The van der Waals surface area contributed by atoms with Gasteiger partial charge in [-0.1, -0.05) is 23.8 Å². The summed E-state index contributed by atoms with van der Waals surface area (Å²) < 4.78 is 7.21. The molecule has 194 valence electrons. The average molecular weight is 526 g/mol. The van der Waals surface area contributed by atoms with Gasteiger partial charge in [-0.25, -0.2) is 0 Å². The van der Waals surface area contributed by atoms with E-state index in [1.807, 2.05) is 48.7 Å². The summed E-state index contributed by atoms with van der Waals surface area (Å²) in [6, 6.07) is 24.2. The number of hydrogen-bond donors (Lipinski definition) is 2. The highest BCUT2D eigenvalue weighted by Gasteiger charge is 2.42. The lowest BCUT2D eigenvalue weighted by Crippen LogP contribution is -2.29. The second kappa shape index (κ2) is 10.8. The number of ether oxygens (including phenoxy) is 1. The van der Waals surface area contributed by atoms with Gasteiger partial charge in [-0.15, -0.1) is 0 Å². The molecule has 4 aromatic rings. The Kier molecular flexibility index (Phi) is 7.26. The van der Waals surface area contributed by atoms with Gasteiger partial charge in [-0.2, -0.15) is 0 Å². The zero-order chi connectivity index (χ0) is 26.8. The van der Waals surface area contributed by atoms with Crippen LogP contribution in [0.1, 0.15) is 40.3 Å². The zero-order valence-corrected chi connectivity index (χ0v) is 22.8. The van der Waals surface area contributed by atoms with E-state index in [1.165, 1.54) is 18.2 Å². The van der Waals surface area contributed by atoms with Crippen molar-refractivity contribution >= 4 is 34.6 Å². The van der Waals surface area contributed by atoms with Gasteiger partial charge in [-0.05, 0) is 93.1 Å². The number of aryl methyl sites for hydroxylation is 2. The van der Waals surface area contributed by atoms with E-state index < -0.39 is 0 Å². The van der Waals surface area contributed by atoms with Crippen molar-refractivity contribution in [1.82, 2.24) is 14.9 Å². The Morgan fingerprint density at radius 1 is 1.03 bits per heavy atom. The third kappa shape index (κ3) is 4.92. The van der Waals surface area contributed by atoms with Crippen LogP contribution in [0.4, 0.5) is 11.4 Å². The van der Waals surface area contributed by atoms with Gasteiger partial charge in [0, 0.05) is 41.8 Å². The van der Waals surface area contributed by atoms with E-state index in [-0.39, 0.29) is 24.6 Å². The first-order chi connectivity index (χ1) is 18.4. The van der Waals surface area contributed by atoms with E-state index in [0.29, 0.717) is 10.8 Å². The predicted molar refractivity (Wildman–Crippen MR) is 155 cm³/mol. The largest absolute Gasteiger partial charge is 0.375 e. The van der Waals surface area contributed by atoms with Gasteiger partial charge in [0.2, 0.25) is 5.91 Å². The number of pyridine rings is 1. The molecule has 8 heteroatoms. The Balaban J connectivity index is 1.57. The number of hydrogen-bond acceptors (Lipinski definition) is 4. The van der Waals surface area contributed by atoms with Crippen LogP contribution >= 0.6 is 12.2 Å². The Labute approximate surface area is 228 Å². The maximum absolute atomic E-state index is 12.0. The van der Waals surface area contributed by atoms with Crippen molar-refractivity contribution < 1.29 is 9.53 Å². The minimum atomic E-state index is -0.199. The quantitative estimate of drug-likeness (QED) is 0.308. The zero-order valence-electron chi connectivity index (χ0n) is 21.9. The molecule has 0 saturated carbocycles. The first-order valence-electron chi connectivity index (χ1n) is 12.5. The number of methoxy groups -OCH3 is 1. The van der Waals surface area contributed by atoms with Crippen molar-refractivity contribution in [1.29, 1.82) is 0 Å². The molecule has 2 aromatic carbocycles. The Hall–Kier alpha value is -4.01. The second-order valence-corrected chi connectivity index (χ2v) is 9.91. The van der Waals surface area contributed by atoms with Crippen LogP contribution in [0, 0.1) is 20.8 Å². The van der Waals surface area contributed by atoms with E-state index in [0.717, 1.165) is 28.5 Å². The Bertz CT molecular complexity index is 1450. The van der Waals surface area contributed by atoms with Crippen molar-refractivity contribution in [3.05, 3.63) is 107 Å². The molecule has 0 unspecified atom stereocenters. The third-order valence-corrected chi connectivity index (χ3v) is 7.20. The lowest BCUT2D eigenvalue weighted by Gasteiger charge is -2.28. The number of carbonyl (C=O) groups is 1. The van der Waals surface area contributed by atoms with Gasteiger partial charge in [0.1, 0.15) is 6.61 Å². The molecular weight excluding hydrogens is 494 g/mol. The highest BCUT2D eigenvalue weighted by Crippen LogP contribution is 2.43. The molecule has 1 fully saturated rings. The number of rotatable bonds is 7. The molecule has 0 bridgehead atoms. The summed E-state index contributed by atoms with van der Waals surface area (Å²) in [4.78, 5) is 18.8. The molecule has 2 atom stereocenters. The summed E-state index contributed by atoms with van der Waals surface area (Å²) in [5.41, 5.74) is 8.37. The number of amides is 1. The maximum Gasteiger partial charge on any atom is 0.250 e. The van der Waals surface area contributed by atoms with Crippen LogP contribution in [-0.2, 0) is 9.53 Å². The summed E-state index contributed by atoms with van der Waals surface area (Å²) in [6.07, 6.45) is 1.81. The molecule has 1 aliphatic rings. The van der Waals surface area contributed by atoms with Crippen molar-refractivity contribution in [3.63, 3.8) is 0 Å². The van der Waals surface area contributed by atoms with Crippen LogP contribution in [0.3, 0.4) is 0 Å². The average Bonchev–Trinajstić information content (AvgIpc) is 3.41. The van der Waals surface area contributed by atoms with E-state index >= 15 is 0 Å². The van der Waals surface area contributed by atoms with E-state index in [4.69, 9.17) is 17.0 Å². The van der Waals surface area contributed by atoms with Crippen LogP contribution in [-0.4, -0.2) is 34.3 Å². The number of nitrogens with zero attached hydrogens (tertiary/aromatic N) is 3. The summed E-state index contributed by atoms with van der Waals surface area (Å²) >= 11 is 5.90. The summed E-state index contributed by atoms with van der Waals surface area (Å²) in [5, 5.41) is 7.01. The number of anilines is 2. The number of thiocarbonyl (C=S) groups is 1. The first kappa shape index (κ1) is 25.6. The third-order valence-electron chi connectivity index (χ3n) is 6.88. The number of aromatic nitrogens is 2. The topological polar surface area (TPSA) is 71.4 Å². The first-order valence-corrected chi connectivity index (χ1v) is 12.9. The highest BCUT2D eigenvalue weighted by atomic mass is 32.1. The fourth-order valence-electron chi connectivity index (χ4n) is 5.16. The lowest BCUT2D eigenvalue weighted by molar-refractivity contribution is -0.119. The van der Waals surface area contributed by atoms with Gasteiger partial charge < -0.3 is 24.8 Å². The van der Waals surface area contributed by atoms with E-state index in [9.17, 15) is 4.79 Å². The highest BCUT2D eigenvalue weighted by molar-refractivity contribution is 7.80. The maximum atomic E-state index is 12.0. The van der Waals surface area contributed by atoms with Crippen molar-refractivity contribution in [2.75, 3.05) is 23.9 Å². The molecule has 38 heavy (non-hydrogen) atoms. The Morgan fingerprint density at radius 3 is 2.39 bits per heavy atom. The molecule has 0 spiro atoms. The lowest BCUT2D eigenvalue weighted by atomic mass is 9.96. The van der Waals surface area contributed by atoms with Crippen LogP contribution in [0.15, 0.2) is 79.0 Å². The summed E-state index contributed by atoms with van der Waals surface area (Å²) in [6.45, 7) is 6.39. The molecule has 5 rings (SSSR count). The van der Waals surface area contributed by atoms with Gasteiger partial charge in [0.25, 0.3) is 0 Å². The number of benzene rings is 2. The summed E-state index contributed by atoms with van der Waals surface area (Å²) in [7, 11) is 1.50. The molecule has 1 amide bonds.